The Balaban J connectivity index is 2.54. The summed E-state index contributed by atoms with van der Waals surface area (Å²) in [4.78, 5) is 19.2. The largest absolute Gasteiger partial charge is 0.476 e. The predicted octanol–water partition coefficient (Wildman–Crippen LogP) is 0.797. The molecule has 3 aromatic rings. The van der Waals surface area contributed by atoms with Crippen molar-refractivity contribution in [2.75, 3.05) is 5.73 Å². The summed E-state index contributed by atoms with van der Waals surface area (Å²) in [5, 5.41) is 14.4. The Kier molecular flexibility index (Phi) is 1.97. The first-order chi connectivity index (χ1) is 8.58. The Morgan fingerprint density at radius 2 is 2.22 bits per heavy atom. The third-order valence-corrected chi connectivity index (χ3v) is 2.78. The molecule has 0 aliphatic carbocycles. The molecule has 0 atom stereocenters. The number of aryl methyl sites for hydroxylation is 1. The van der Waals surface area contributed by atoms with Crippen molar-refractivity contribution in [1.29, 1.82) is 0 Å². The van der Waals surface area contributed by atoms with Crippen LogP contribution in [0.5, 0.6) is 0 Å². The molecule has 0 amide bonds. The molecule has 0 bridgehead atoms. The lowest BCUT2D eigenvalue weighted by molar-refractivity contribution is 0.0691. The van der Waals surface area contributed by atoms with E-state index in [9.17, 15) is 4.79 Å². The number of fused-ring (bicyclic) bond motifs is 3. The first kappa shape index (κ1) is 10.5. The summed E-state index contributed by atoms with van der Waals surface area (Å²) in [6, 6.07) is 3.46. The second kappa shape index (κ2) is 3.39. The number of aromatic nitrogens is 4. The fourth-order valence-corrected chi connectivity index (χ4v) is 2.03. The number of hydrogen-bond acceptors (Lipinski definition) is 5. The summed E-state index contributed by atoms with van der Waals surface area (Å²) >= 11 is 0. The van der Waals surface area contributed by atoms with E-state index in [0.717, 1.165) is 5.39 Å². The highest BCUT2D eigenvalue weighted by molar-refractivity contribution is 6.10. The predicted molar refractivity (Wildman–Crippen MR) is 65.2 cm³/mol. The van der Waals surface area contributed by atoms with Gasteiger partial charge in [-0.1, -0.05) is 6.07 Å². The summed E-state index contributed by atoms with van der Waals surface area (Å²) in [6.07, 6.45) is 1.60. The minimum atomic E-state index is -1.07. The van der Waals surface area contributed by atoms with Crippen LogP contribution in [-0.4, -0.2) is 30.8 Å². The molecule has 0 saturated heterocycles. The van der Waals surface area contributed by atoms with Gasteiger partial charge in [0.1, 0.15) is 5.52 Å². The van der Waals surface area contributed by atoms with Crippen LogP contribution in [0.15, 0.2) is 18.3 Å². The van der Waals surface area contributed by atoms with E-state index in [1.165, 1.54) is 4.68 Å². The van der Waals surface area contributed by atoms with E-state index in [0.29, 0.717) is 16.4 Å². The smallest absolute Gasteiger partial charge is 0.357 e. The monoisotopic (exact) mass is 243 g/mol. The van der Waals surface area contributed by atoms with Crippen LogP contribution in [-0.2, 0) is 7.05 Å². The second-order valence-corrected chi connectivity index (χ2v) is 3.91. The van der Waals surface area contributed by atoms with Gasteiger partial charge in [0, 0.05) is 24.0 Å². The van der Waals surface area contributed by atoms with Crippen molar-refractivity contribution in [3.63, 3.8) is 0 Å². The van der Waals surface area contributed by atoms with Crippen LogP contribution < -0.4 is 5.73 Å². The molecule has 7 nitrogen and oxygen atoms in total. The molecule has 1 aromatic carbocycles. The third-order valence-electron chi connectivity index (χ3n) is 2.78. The maximum Gasteiger partial charge on any atom is 0.357 e. The highest BCUT2D eigenvalue weighted by atomic mass is 16.4. The summed E-state index contributed by atoms with van der Waals surface area (Å²) in [7, 11) is 1.67. The van der Waals surface area contributed by atoms with Crippen LogP contribution in [0, 0.1) is 0 Å². The van der Waals surface area contributed by atoms with Crippen molar-refractivity contribution < 1.29 is 9.90 Å². The molecule has 0 radical (unpaired) electrons. The third kappa shape index (κ3) is 1.30. The second-order valence-electron chi connectivity index (χ2n) is 3.91. The molecule has 0 unspecified atom stereocenters. The Morgan fingerprint density at radius 3 is 2.94 bits per heavy atom. The van der Waals surface area contributed by atoms with Crippen molar-refractivity contribution >= 4 is 33.7 Å². The van der Waals surface area contributed by atoms with Gasteiger partial charge >= 0.3 is 5.97 Å². The van der Waals surface area contributed by atoms with Crippen LogP contribution in [0.25, 0.3) is 21.8 Å². The molecule has 0 spiro atoms. The van der Waals surface area contributed by atoms with Crippen molar-refractivity contribution in [2.24, 2.45) is 7.05 Å². The molecule has 90 valence electrons. The van der Waals surface area contributed by atoms with E-state index >= 15 is 0 Å². The zero-order valence-electron chi connectivity index (χ0n) is 9.45. The van der Waals surface area contributed by atoms with Crippen LogP contribution in [0.2, 0.25) is 0 Å². The summed E-state index contributed by atoms with van der Waals surface area (Å²) in [5.41, 5.74) is 6.81. The van der Waals surface area contributed by atoms with Crippen LogP contribution in [0.3, 0.4) is 0 Å². The van der Waals surface area contributed by atoms with E-state index < -0.39 is 5.97 Å². The van der Waals surface area contributed by atoms with E-state index in [1.807, 2.05) is 0 Å². The fourth-order valence-electron chi connectivity index (χ4n) is 2.03. The Hall–Kier alpha value is -2.70. The first-order valence-electron chi connectivity index (χ1n) is 5.19. The first-order valence-corrected chi connectivity index (χ1v) is 5.19. The van der Waals surface area contributed by atoms with Gasteiger partial charge in [-0.3, -0.25) is 4.68 Å². The van der Waals surface area contributed by atoms with Crippen LogP contribution in [0.4, 0.5) is 5.95 Å². The van der Waals surface area contributed by atoms with Crippen molar-refractivity contribution in [2.45, 2.75) is 0 Å². The number of nitrogens with zero attached hydrogens (tertiary/aromatic N) is 4. The molecular weight excluding hydrogens is 234 g/mol. The minimum Gasteiger partial charge on any atom is -0.476 e. The molecule has 0 aliphatic heterocycles. The quantitative estimate of drug-likeness (QED) is 0.654. The topological polar surface area (TPSA) is 107 Å². The number of rotatable bonds is 1. The van der Waals surface area contributed by atoms with Gasteiger partial charge in [0.15, 0.2) is 5.69 Å². The number of carboxylic acids is 1. The van der Waals surface area contributed by atoms with Crippen LogP contribution >= 0.6 is 0 Å². The normalized spacial score (nSPS) is 11.2. The van der Waals surface area contributed by atoms with Crippen molar-refractivity contribution in [3.05, 3.63) is 24.0 Å². The summed E-state index contributed by atoms with van der Waals surface area (Å²) < 4.78 is 1.49. The number of nitrogens with two attached hydrogens (primary N) is 1. The SMILES string of the molecule is Cn1nc(C(=O)O)c2ccc3cnc(N)nc3c21. The number of aromatic carboxylic acids is 1. The number of carbonyl (C=O) groups is 1. The maximum atomic E-state index is 11.1. The van der Waals surface area contributed by atoms with Gasteiger partial charge < -0.3 is 10.8 Å². The highest BCUT2D eigenvalue weighted by Crippen LogP contribution is 2.25. The lowest BCUT2D eigenvalue weighted by Gasteiger charge is -2.01. The van der Waals surface area contributed by atoms with E-state index in [2.05, 4.69) is 15.1 Å². The molecule has 2 aromatic heterocycles. The maximum absolute atomic E-state index is 11.1. The van der Waals surface area contributed by atoms with Gasteiger partial charge in [0.25, 0.3) is 0 Å². The summed E-state index contributed by atoms with van der Waals surface area (Å²) in [5.74, 6) is -0.921. The Labute approximate surface area is 101 Å². The summed E-state index contributed by atoms with van der Waals surface area (Å²) in [6.45, 7) is 0. The van der Waals surface area contributed by atoms with E-state index in [4.69, 9.17) is 10.8 Å². The van der Waals surface area contributed by atoms with Gasteiger partial charge in [-0.05, 0) is 6.07 Å². The van der Waals surface area contributed by atoms with Crippen LogP contribution in [0.1, 0.15) is 10.5 Å². The van der Waals surface area contributed by atoms with Gasteiger partial charge in [-0.2, -0.15) is 5.10 Å². The molecule has 2 heterocycles. The Bertz CT molecular complexity index is 793. The molecule has 3 N–H and O–H groups in total. The minimum absolute atomic E-state index is 0.00610. The van der Waals surface area contributed by atoms with Gasteiger partial charge in [-0.25, -0.2) is 14.8 Å². The van der Waals surface area contributed by atoms with Gasteiger partial charge in [0.05, 0.1) is 5.52 Å². The standard InChI is InChI=1S/C11H9N5O2/c1-16-9-6(8(15-16)10(17)18)3-2-5-4-13-11(12)14-7(5)9/h2-4H,1H3,(H,17,18)(H2,12,13,14). The molecule has 3 rings (SSSR count). The lowest BCUT2D eigenvalue weighted by Crippen LogP contribution is -1.99. The zero-order valence-corrected chi connectivity index (χ0v) is 9.45. The number of carboxylic acid groups (broad SMARTS) is 1. The molecule has 0 aliphatic rings. The molecule has 7 heteroatoms. The number of anilines is 1. The zero-order chi connectivity index (χ0) is 12.9. The Morgan fingerprint density at radius 1 is 1.44 bits per heavy atom. The molecule has 0 saturated carbocycles. The van der Waals surface area contributed by atoms with E-state index in [1.54, 1.807) is 25.4 Å². The van der Waals surface area contributed by atoms with Crippen molar-refractivity contribution in [3.8, 4) is 0 Å². The highest BCUT2D eigenvalue weighted by Gasteiger charge is 2.17. The lowest BCUT2D eigenvalue weighted by atomic mass is 10.1. The average molecular weight is 243 g/mol. The average Bonchev–Trinajstić information content (AvgIpc) is 2.67. The number of benzene rings is 1. The fraction of sp³-hybridized carbons (Fsp3) is 0.0909. The van der Waals surface area contributed by atoms with E-state index in [-0.39, 0.29) is 11.6 Å². The van der Waals surface area contributed by atoms with Crippen molar-refractivity contribution in [1.82, 2.24) is 19.7 Å². The van der Waals surface area contributed by atoms with Gasteiger partial charge in [-0.15, -0.1) is 0 Å². The molecule has 0 fully saturated rings. The molecule has 18 heavy (non-hydrogen) atoms. The number of nitrogen functional groups attached to an aromatic ring is 1. The number of hydrogen-bond donors (Lipinski definition) is 2. The van der Waals surface area contributed by atoms with Gasteiger partial charge in [0.2, 0.25) is 5.95 Å². The molecular formula is C11H9N5O2.